The molecule has 19 heavy (non-hydrogen) atoms. The number of rotatable bonds is 3. The molecule has 2 aromatic rings. The summed E-state index contributed by atoms with van der Waals surface area (Å²) in [6.07, 6.45) is 0.298. The van der Waals surface area contributed by atoms with E-state index in [1.807, 2.05) is 30.3 Å². The number of carbonyl (C=O) groups excluding carboxylic acids is 1. The Labute approximate surface area is 117 Å². The zero-order chi connectivity index (χ0) is 13.0. The molecule has 0 aromatic heterocycles. The molecule has 4 nitrogen and oxygen atoms in total. The van der Waals surface area contributed by atoms with Gasteiger partial charge in [-0.25, -0.2) is 0 Å². The fourth-order valence-corrected chi connectivity index (χ4v) is 1.61. The first-order chi connectivity index (χ1) is 8.65. The van der Waals surface area contributed by atoms with Gasteiger partial charge in [0.1, 0.15) is 5.75 Å². The SMILES string of the molecule is Cl.Nc1ccc(NC(=O)Cc2ccccc2)cc1O. The second-order valence-corrected chi connectivity index (χ2v) is 3.98. The van der Waals surface area contributed by atoms with Gasteiger partial charge >= 0.3 is 0 Å². The summed E-state index contributed by atoms with van der Waals surface area (Å²) < 4.78 is 0. The number of hydrogen-bond acceptors (Lipinski definition) is 3. The average molecular weight is 279 g/mol. The van der Waals surface area contributed by atoms with E-state index in [1.54, 1.807) is 12.1 Å². The molecule has 2 aromatic carbocycles. The first-order valence-corrected chi connectivity index (χ1v) is 5.57. The molecule has 0 aliphatic rings. The van der Waals surface area contributed by atoms with Crippen LogP contribution in [0.15, 0.2) is 48.5 Å². The second-order valence-electron chi connectivity index (χ2n) is 3.98. The predicted octanol–water partition coefficient (Wildman–Crippen LogP) is 2.58. The Bertz CT molecular complexity index is 559. The van der Waals surface area contributed by atoms with Crippen LogP contribution >= 0.6 is 12.4 Å². The van der Waals surface area contributed by atoms with Crippen molar-refractivity contribution in [3.63, 3.8) is 0 Å². The summed E-state index contributed by atoms with van der Waals surface area (Å²) >= 11 is 0. The third kappa shape index (κ3) is 4.19. The van der Waals surface area contributed by atoms with E-state index < -0.39 is 0 Å². The van der Waals surface area contributed by atoms with E-state index in [2.05, 4.69) is 5.32 Å². The number of halogens is 1. The van der Waals surface area contributed by atoms with Gasteiger partial charge < -0.3 is 16.2 Å². The molecular formula is C14H15ClN2O2. The quantitative estimate of drug-likeness (QED) is 0.597. The Morgan fingerprint density at radius 2 is 1.84 bits per heavy atom. The van der Waals surface area contributed by atoms with Gasteiger partial charge in [0.25, 0.3) is 0 Å². The number of nitrogen functional groups attached to an aromatic ring is 1. The maximum absolute atomic E-state index is 11.8. The van der Waals surface area contributed by atoms with Crippen molar-refractivity contribution in [2.24, 2.45) is 0 Å². The van der Waals surface area contributed by atoms with Crippen molar-refractivity contribution in [3.8, 4) is 5.75 Å². The minimum atomic E-state index is -0.134. The van der Waals surface area contributed by atoms with E-state index in [1.165, 1.54) is 6.07 Å². The smallest absolute Gasteiger partial charge is 0.228 e. The number of carbonyl (C=O) groups is 1. The number of aromatic hydroxyl groups is 1. The van der Waals surface area contributed by atoms with Crippen molar-refractivity contribution in [2.45, 2.75) is 6.42 Å². The summed E-state index contributed by atoms with van der Waals surface area (Å²) in [6.45, 7) is 0. The van der Waals surface area contributed by atoms with Crippen LogP contribution in [-0.2, 0) is 11.2 Å². The topological polar surface area (TPSA) is 75.3 Å². The predicted molar refractivity (Wildman–Crippen MR) is 78.5 cm³/mol. The summed E-state index contributed by atoms with van der Waals surface area (Å²) in [6, 6.07) is 14.1. The van der Waals surface area contributed by atoms with Gasteiger partial charge in [-0.1, -0.05) is 30.3 Å². The number of phenolic OH excluding ortho intramolecular Hbond substituents is 1. The van der Waals surface area contributed by atoms with Crippen molar-refractivity contribution in [1.29, 1.82) is 0 Å². The summed E-state index contributed by atoms with van der Waals surface area (Å²) in [5.74, 6) is -0.169. The third-order valence-corrected chi connectivity index (χ3v) is 2.52. The molecule has 1 amide bonds. The van der Waals surface area contributed by atoms with E-state index in [-0.39, 0.29) is 29.8 Å². The second kappa shape index (κ2) is 6.66. The molecule has 4 N–H and O–H groups in total. The van der Waals surface area contributed by atoms with Crippen LogP contribution in [-0.4, -0.2) is 11.0 Å². The molecule has 0 saturated heterocycles. The summed E-state index contributed by atoms with van der Waals surface area (Å²) in [5.41, 5.74) is 7.24. The molecule has 2 rings (SSSR count). The van der Waals surface area contributed by atoms with Gasteiger partial charge in [0, 0.05) is 11.8 Å². The number of hydrogen-bond donors (Lipinski definition) is 3. The van der Waals surface area contributed by atoms with Crippen LogP contribution in [0.5, 0.6) is 5.75 Å². The Morgan fingerprint density at radius 1 is 1.16 bits per heavy atom. The van der Waals surface area contributed by atoms with Gasteiger partial charge in [-0.2, -0.15) is 0 Å². The minimum Gasteiger partial charge on any atom is -0.506 e. The molecule has 0 radical (unpaired) electrons. The molecule has 5 heteroatoms. The fourth-order valence-electron chi connectivity index (χ4n) is 1.61. The van der Waals surface area contributed by atoms with E-state index in [0.717, 1.165) is 5.56 Å². The fraction of sp³-hybridized carbons (Fsp3) is 0.0714. The Kier molecular flexibility index (Phi) is 5.21. The summed E-state index contributed by atoms with van der Waals surface area (Å²) in [5, 5.41) is 12.1. The number of amides is 1. The van der Waals surface area contributed by atoms with E-state index >= 15 is 0 Å². The lowest BCUT2D eigenvalue weighted by Gasteiger charge is -2.06. The molecular weight excluding hydrogens is 264 g/mol. The largest absolute Gasteiger partial charge is 0.506 e. The van der Waals surface area contributed by atoms with Gasteiger partial charge in [-0.3, -0.25) is 4.79 Å². The summed E-state index contributed by atoms with van der Waals surface area (Å²) in [7, 11) is 0. The van der Waals surface area contributed by atoms with Crippen LogP contribution in [0.3, 0.4) is 0 Å². The van der Waals surface area contributed by atoms with Crippen molar-refractivity contribution in [3.05, 3.63) is 54.1 Å². The molecule has 0 spiro atoms. The highest BCUT2D eigenvalue weighted by Gasteiger charge is 2.05. The van der Waals surface area contributed by atoms with Crippen molar-refractivity contribution >= 4 is 29.7 Å². The number of benzene rings is 2. The van der Waals surface area contributed by atoms with Gasteiger partial charge in [0.2, 0.25) is 5.91 Å². The molecule has 0 fully saturated rings. The summed E-state index contributed by atoms with van der Waals surface area (Å²) in [4.78, 5) is 11.8. The number of phenols is 1. The lowest BCUT2D eigenvalue weighted by Crippen LogP contribution is -2.14. The molecule has 100 valence electrons. The standard InChI is InChI=1S/C14H14N2O2.ClH/c15-12-7-6-11(9-13(12)17)16-14(18)8-10-4-2-1-3-5-10;/h1-7,9,17H,8,15H2,(H,16,18);1H. The monoisotopic (exact) mass is 278 g/mol. The lowest BCUT2D eigenvalue weighted by molar-refractivity contribution is -0.115. The van der Waals surface area contributed by atoms with Gasteiger partial charge in [0.15, 0.2) is 0 Å². The first-order valence-electron chi connectivity index (χ1n) is 5.57. The molecule has 0 aliphatic carbocycles. The Hall–Kier alpha value is -2.20. The molecule has 0 saturated carbocycles. The van der Waals surface area contributed by atoms with Gasteiger partial charge in [-0.15, -0.1) is 12.4 Å². The average Bonchev–Trinajstić information content (AvgIpc) is 2.35. The van der Waals surface area contributed by atoms with Crippen LogP contribution in [0, 0.1) is 0 Å². The van der Waals surface area contributed by atoms with Gasteiger partial charge in [0.05, 0.1) is 12.1 Å². The van der Waals surface area contributed by atoms with Crippen LogP contribution < -0.4 is 11.1 Å². The zero-order valence-corrected chi connectivity index (χ0v) is 11.0. The highest BCUT2D eigenvalue weighted by molar-refractivity contribution is 5.92. The Morgan fingerprint density at radius 3 is 2.47 bits per heavy atom. The third-order valence-electron chi connectivity index (χ3n) is 2.52. The molecule has 0 heterocycles. The highest BCUT2D eigenvalue weighted by Crippen LogP contribution is 2.23. The molecule has 0 aliphatic heterocycles. The van der Waals surface area contributed by atoms with Crippen molar-refractivity contribution in [2.75, 3.05) is 11.1 Å². The van der Waals surface area contributed by atoms with Crippen molar-refractivity contribution < 1.29 is 9.90 Å². The first kappa shape index (κ1) is 14.9. The van der Waals surface area contributed by atoms with E-state index in [0.29, 0.717) is 12.1 Å². The number of anilines is 2. The van der Waals surface area contributed by atoms with Crippen LogP contribution in [0.1, 0.15) is 5.56 Å². The lowest BCUT2D eigenvalue weighted by atomic mass is 10.1. The maximum atomic E-state index is 11.8. The van der Waals surface area contributed by atoms with Gasteiger partial charge in [-0.05, 0) is 17.7 Å². The highest BCUT2D eigenvalue weighted by atomic mass is 35.5. The van der Waals surface area contributed by atoms with E-state index in [9.17, 15) is 9.90 Å². The maximum Gasteiger partial charge on any atom is 0.228 e. The van der Waals surface area contributed by atoms with Crippen LogP contribution in [0.25, 0.3) is 0 Å². The number of nitrogens with two attached hydrogens (primary N) is 1. The zero-order valence-electron chi connectivity index (χ0n) is 10.2. The normalized spacial score (nSPS) is 9.47. The minimum absolute atomic E-state index is 0. The van der Waals surface area contributed by atoms with Crippen molar-refractivity contribution in [1.82, 2.24) is 0 Å². The van der Waals surface area contributed by atoms with E-state index in [4.69, 9.17) is 5.73 Å². The molecule has 0 atom stereocenters. The molecule has 0 bridgehead atoms. The van der Waals surface area contributed by atoms with Crippen LogP contribution in [0.4, 0.5) is 11.4 Å². The molecule has 0 unspecified atom stereocenters. The van der Waals surface area contributed by atoms with Crippen LogP contribution in [0.2, 0.25) is 0 Å². The Balaban J connectivity index is 0.00000180. The number of nitrogens with one attached hydrogen (secondary N) is 1.